The average Bonchev–Trinajstić information content (AvgIpc) is 2.50. The zero-order chi connectivity index (χ0) is 14.8. The summed E-state index contributed by atoms with van der Waals surface area (Å²) < 4.78 is 0. The number of carbonyl (C=O) groups is 2. The molecule has 0 saturated carbocycles. The summed E-state index contributed by atoms with van der Waals surface area (Å²) in [5.74, 6) is -0.337. The average molecular weight is 276 g/mol. The zero-order valence-electron chi connectivity index (χ0n) is 11.4. The van der Waals surface area contributed by atoms with Crippen molar-refractivity contribution < 1.29 is 9.59 Å². The topological polar surface area (TPSA) is 97.1 Å². The largest absolute Gasteiger partial charge is 0.353 e. The number of unbranched alkanes of at least 4 members (excludes halogenated alkanes) is 1. The van der Waals surface area contributed by atoms with Gasteiger partial charge in [-0.1, -0.05) is 6.58 Å². The fourth-order valence-electron chi connectivity index (χ4n) is 1.52. The van der Waals surface area contributed by atoms with Crippen molar-refractivity contribution in [2.45, 2.75) is 19.4 Å². The maximum Gasteiger partial charge on any atom is 0.252 e. The second-order valence-electron chi connectivity index (χ2n) is 4.20. The quantitative estimate of drug-likeness (QED) is 0.471. The van der Waals surface area contributed by atoms with Gasteiger partial charge in [-0.15, -0.1) is 0 Å². The minimum absolute atomic E-state index is 0.156. The van der Waals surface area contributed by atoms with E-state index < -0.39 is 0 Å². The molecule has 0 aliphatic heterocycles. The van der Waals surface area contributed by atoms with Crippen LogP contribution in [0.4, 0.5) is 0 Å². The summed E-state index contributed by atoms with van der Waals surface area (Å²) in [5.41, 5.74) is 6.70. The highest BCUT2D eigenvalue weighted by Gasteiger charge is 2.04. The highest BCUT2D eigenvalue weighted by atomic mass is 16.2. The Morgan fingerprint density at radius 3 is 2.50 bits per heavy atom. The van der Waals surface area contributed by atoms with E-state index in [0.717, 1.165) is 18.5 Å². The molecule has 4 N–H and O–H groups in total. The van der Waals surface area contributed by atoms with Crippen LogP contribution in [0.25, 0.3) is 0 Å². The predicted molar refractivity (Wildman–Crippen MR) is 76.9 cm³/mol. The van der Waals surface area contributed by atoms with Crippen molar-refractivity contribution in [1.82, 2.24) is 15.6 Å². The number of amides is 2. The lowest BCUT2D eigenvalue weighted by molar-refractivity contribution is -0.116. The number of aromatic nitrogens is 1. The van der Waals surface area contributed by atoms with Crippen LogP contribution in [0.1, 0.15) is 28.9 Å². The van der Waals surface area contributed by atoms with E-state index in [1.807, 2.05) is 0 Å². The maximum atomic E-state index is 11.8. The molecule has 1 rings (SSSR count). The highest BCUT2D eigenvalue weighted by Crippen LogP contribution is 1.99. The summed E-state index contributed by atoms with van der Waals surface area (Å²) in [4.78, 5) is 26.7. The summed E-state index contributed by atoms with van der Waals surface area (Å²) >= 11 is 0. The fourth-order valence-corrected chi connectivity index (χ4v) is 1.52. The molecule has 1 aromatic rings. The molecule has 108 valence electrons. The molecule has 0 fully saturated rings. The third-order valence-electron chi connectivity index (χ3n) is 2.67. The smallest absolute Gasteiger partial charge is 0.252 e. The van der Waals surface area contributed by atoms with Crippen molar-refractivity contribution in [3.05, 3.63) is 42.2 Å². The molecule has 0 atom stereocenters. The lowest BCUT2D eigenvalue weighted by Crippen LogP contribution is -2.26. The molecule has 6 nitrogen and oxygen atoms in total. The molecule has 1 heterocycles. The molecular formula is C14H20N4O2. The van der Waals surface area contributed by atoms with Gasteiger partial charge < -0.3 is 16.4 Å². The first-order chi connectivity index (χ1) is 9.67. The van der Waals surface area contributed by atoms with Crippen LogP contribution in [0.5, 0.6) is 0 Å². The summed E-state index contributed by atoms with van der Waals surface area (Å²) in [5, 5.41) is 5.47. The van der Waals surface area contributed by atoms with Gasteiger partial charge in [0.25, 0.3) is 5.91 Å². The molecule has 20 heavy (non-hydrogen) atoms. The van der Waals surface area contributed by atoms with Crippen LogP contribution in [0.3, 0.4) is 0 Å². The van der Waals surface area contributed by atoms with Crippen molar-refractivity contribution in [2.75, 3.05) is 13.1 Å². The number of nitrogens with zero attached hydrogens (tertiary/aromatic N) is 1. The van der Waals surface area contributed by atoms with Crippen LogP contribution in [-0.4, -0.2) is 29.9 Å². The molecule has 0 radical (unpaired) electrons. The standard InChI is InChI=1S/C14H20N4O2/c1-2-13(19)16-7-3-4-8-17-14(20)11-5-6-12(9-15)18-10-11/h2,5-6,10H,1,3-4,7-9,15H2,(H,16,19)(H,17,20). The lowest BCUT2D eigenvalue weighted by atomic mass is 10.2. The Hall–Kier alpha value is -2.21. The zero-order valence-corrected chi connectivity index (χ0v) is 11.4. The predicted octanol–water partition coefficient (Wildman–Crippen LogP) is 0.353. The van der Waals surface area contributed by atoms with Gasteiger partial charge >= 0.3 is 0 Å². The number of nitrogens with two attached hydrogens (primary N) is 1. The summed E-state index contributed by atoms with van der Waals surface area (Å²) in [6, 6.07) is 3.44. The number of hydrogen-bond donors (Lipinski definition) is 3. The molecule has 0 spiro atoms. The van der Waals surface area contributed by atoms with E-state index in [4.69, 9.17) is 5.73 Å². The molecule has 6 heteroatoms. The van der Waals surface area contributed by atoms with Crippen molar-refractivity contribution in [1.29, 1.82) is 0 Å². The molecule has 0 aliphatic carbocycles. The molecule has 1 aromatic heterocycles. The number of pyridine rings is 1. The minimum atomic E-state index is -0.180. The van der Waals surface area contributed by atoms with Crippen molar-refractivity contribution in [2.24, 2.45) is 5.73 Å². The van der Waals surface area contributed by atoms with Gasteiger partial charge in [0, 0.05) is 25.8 Å². The van der Waals surface area contributed by atoms with Crippen molar-refractivity contribution in [3.63, 3.8) is 0 Å². The van der Waals surface area contributed by atoms with Crippen LogP contribution in [0.15, 0.2) is 31.0 Å². The highest BCUT2D eigenvalue weighted by molar-refractivity contribution is 5.93. The van der Waals surface area contributed by atoms with Crippen LogP contribution in [0.2, 0.25) is 0 Å². The minimum Gasteiger partial charge on any atom is -0.353 e. The normalized spacial score (nSPS) is 9.85. The molecule has 0 aromatic carbocycles. The SMILES string of the molecule is C=CC(=O)NCCCCNC(=O)c1ccc(CN)nc1. The Kier molecular flexibility index (Phi) is 6.99. The van der Waals surface area contributed by atoms with E-state index in [9.17, 15) is 9.59 Å². The summed E-state index contributed by atoms with van der Waals surface area (Å²) in [7, 11) is 0. The van der Waals surface area contributed by atoms with Gasteiger partial charge in [0.15, 0.2) is 0 Å². The van der Waals surface area contributed by atoms with E-state index >= 15 is 0 Å². The number of rotatable bonds is 8. The first-order valence-corrected chi connectivity index (χ1v) is 6.51. The molecule has 0 saturated heterocycles. The Labute approximate surface area is 118 Å². The van der Waals surface area contributed by atoms with E-state index in [1.54, 1.807) is 12.1 Å². The van der Waals surface area contributed by atoms with E-state index in [-0.39, 0.29) is 11.8 Å². The van der Waals surface area contributed by atoms with E-state index in [1.165, 1.54) is 12.3 Å². The van der Waals surface area contributed by atoms with Crippen LogP contribution in [-0.2, 0) is 11.3 Å². The number of carbonyl (C=O) groups excluding carboxylic acids is 2. The van der Waals surface area contributed by atoms with Crippen LogP contribution in [0, 0.1) is 0 Å². The van der Waals surface area contributed by atoms with E-state index in [0.29, 0.717) is 25.2 Å². The maximum absolute atomic E-state index is 11.8. The third-order valence-corrected chi connectivity index (χ3v) is 2.67. The van der Waals surface area contributed by atoms with Gasteiger partial charge in [-0.2, -0.15) is 0 Å². The van der Waals surface area contributed by atoms with Gasteiger partial charge in [-0.25, -0.2) is 0 Å². The molecular weight excluding hydrogens is 256 g/mol. The Morgan fingerprint density at radius 1 is 1.25 bits per heavy atom. The molecule has 0 aliphatic rings. The first-order valence-electron chi connectivity index (χ1n) is 6.51. The van der Waals surface area contributed by atoms with Gasteiger partial charge in [0.1, 0.15) is 0 Å². The van der Waals surface area contributed by atoms with Crippen molar-refractivity contribution in [3.8, 4) is 0 Å². The van der Waals surface area contributed by atoms with Gasteiger partial charge in [0.05, 0.1) is 11.3 Å². The van der Waals surface area contributed by atoms with Crippen molar-refractivity contribution >= 4 is 11.8 Å². The van der Waals surface area contributed by atoms with Crippen LogP contribution >= 0.6 is 0 Å². The second-order valence-corrected chi connectivity index (χ2v) is 4.20. The van der Waals surface area contributed by atoms with Gasteiger partial charge in [-0.3, -0.25) is 14.6 Å². The Balaban J connectivity index is 2.19. The molecule has 0 bridgehead atoms. The van der Waals surface area contributed by atoms with Gasteiger partial charge in [-0.05, 0) is 31.1 Å². The Bertz CT molecular complexity index is 457. The summed E-state index contributed by atoms with van der Waals surface area (Å²) in [6.45, 7) is 4.86. The fraction of sp³-hybridized carbons (Fsp3) is 0.357. The van der Waals surface area contributed by atoms with E-state index in [2.05, 4.69) is 22.2 Å². The third kappa shape index (κ3) is 5.62. The Morgan fingerprint density at radius 2 is 1.95 bits per heavy atom. The second kappa shape index (κ2) is 8.82. The molecule has 0 unspecified atom stereocenters. The number of hydrogen-bond acceptors (Lipinski definition) is 4. The molecule has 2 amide bonds. The summed E-state index contributed by atoms with van der Waals surface area (Å²) in [6.07, 6.45) is 4.34. The first kappa shape index (κ1) is 15.8. The lowest BCUT2D eigenvalue weighted by Gasteiger charge is -2.06. The number of nitrogens with one attached hydrogen (secondary N) is 2. The van der Waals surface area contributed by atoms with Crippen LogP contribution < -0.4 is 16.4 Å². The monoisotopic (exact) mass is 276 g/mol. The van der Waals surface area contributed by atoms with Gasteiger partial charge in [0.2, 0.25) is 5.91 Å².